The van der Waals surface area contributed by atoms with E-state index in [4.69, 9.17) is 17.0 Å². The van der Waals surface area contributed by atoms with Crippen LogP contribution < -0.4 is 15.4 Å². The third-order valence-corrected chi connectivity index (χ3v) is 4.30. The second-order valence-electron chi connectivity index (χ2n) is 5.83. The fourth-order valence-corrected chi connectivity index (χ4v) is 2.76. The largest absolute Gasteiger partial charge is 0.497 e. The molecule has 0 unspecified atom stereocenters. The zero-order valence-corrected chi connectivity index (χ0v) is 15.5. The van der Waals surface area contributed by atoms with E-state index in [1.165, 1.54) is 6.33 Å². The van der Waals surface area contributed by atoms with Crippen LogP contribution in [0.1, 0.15) is 24.1 Å². The summed E-state index contributed by atoms with van der Waals surface area (Å²) in [4.78, 5) is 3.96. The van der Waals surface area contributed by atoms with Gasteiger partial charge in [0, 0.05) is 6.54 Å². The SMILES string of the molecule is COc1ccc(CNC(=S)N[C@H](C)c2ccc(-n3cncn3)cc2)cc1. The van der Waals surface area contributed by atoms with Crippen molar-refractivity contribution in [2.75, 3.05) is 7.11 Å². The zero-order chi connectivity index (χ0) is 18.4. The molecular formula is C19H21N5OS. The highest BCUT2D eigenvalue weighted by atomic mass is 32.1. The summed E-state index contributed by atoms with van der Waals surface area (Å²) >= 11 is 5.40. The van der Waals surface area contributed by atoms with Gasteiger partial charge in [-0.2, -0.15) is 5.10 Å². The Labute approximate surface area is 158 Å². The zero-order valence-electron chi connectivity index (χ0n) is 14.7. The highest BCUT2D eigenvalue weighted by Gasteiger charge is 2.07. The number of nitrogens with zero attached hydrogens (tertiary/aromatic N) is 3. The van der Waals surface area contributed by atoms with Gasteiger partial charge in [0.15, 0.2) is 5.11 Å². The van der Waals surface area contributed by atoms with Crippen LogP contribution in [0.5, 0.6) is 5.75 Å². The highest BCUT2D eigenvalue weighted by Crippen LogP contribution is 2.15. The number of hydrogen-bond donors (Lipinski definition) is 2. The molecule has 1 atom stereocenters. The number of benzene rings is 2. The van der Waals surface area contributed by atoms with Gasteiger partial charge in [0.05, 0.1) is 18.8 Å². The maximum absolute atomic E-state index is 5.40. The van der Waals surface area contributed by atoms with E-state index in [1.807, 2.05) is 36.4 Å². The van der Waals surface area contributed by atoms with E-state index in [2.05, 4.69) is 39.8 Å². The molecule has 3 aromatic rings. The number of methoxy groups -OCH3 is 1. The molecule has 3 rings (SSSR count). The van der Waals surface area contributed by atoms with Crippen LogP contribution in [0.4, 0.5) is 0 Å². The normalized spacial score (nSPS) is 11.6. The lowest BCUT2D eigenvalue weighted by Gasteiger charge is -2.18. The first-order chi connectivity index (χ1) is 12.7. The van der Waals surface area contributed by atoms with E-state index in [0.29, 0.717) is 11.7 Å². The van der Waals surface area contributed by atoms with Crippen LogP contribution in [0.15, 0.2) is 61.2 Å². The lowest BCUT2D eigenvalue weighted by molar-refractivity contribution is 0.414. The van der Waals surface area contributed by atoms with Crippen LogP contribution in [0.25, 0.3) is 5.69 Å². The van der Waals surface area contributed by atoms with Gasteiger partial charge in [0.2, 0.25) is 0 Å². The van der Waals surface area contributed by atoms with Crippen molar-refractivity contribution in [1.29, 1.82) is 0 Å². The lowest BCUT2D eigenvalue weighted by Crippen LogP contribution is -2.36. The smallest absolute Gasteiger partial charge is 0.167 e. The van der Waals surface area contributed by atoms with Crippen molar-refractivity contribution in [3.63, 3.8) is 0 Å². The quantitative estimate of drug-likeness (QED) is 0.653. The number of rotatable bonds is 6. The van der Waals surface area contributed by atoms with Crippen LogP contribution in [-0.4, -0.2) is 27.0 Å². The molecular weight excluding hydrogens is 346 g/mol. The fraction of sp³-hybridized carbons (Fsp3) is 0.211. The summed E-state index contributed by atoms with van der Waals surface area (Å²) in [5.74, 6) is 0.845. The van der Waals surface area contributed by atoms with Crippen molar-refractivity contribution in [1.82, 2.24) is 25.4 Å². The molecule has 1 heterocycles. The van der Waals surface area contributed by atoms with Crippen molar-refractivity contribution in [2.45, 2.75) is 19.5 Å². The Morgan fingerprint density at radius 1 is 1.15 bits per heavy atom. The second-order valence-corrected chi connectivity index (χ2v) is 6.24. The Bertz CT molecular complexity index is 831. The summed E-state index contributed by atoms with van der Waals surface area (Å²) in [6, 6.07) is 16.1. The van der Waals surface area contributed by atoms with Gasteiger partial charge in [-0.1, -0.05) is 24.3 Å². The van der Waals surface area contributed by atoms with Crippen molar-refractivity contribution in [2.24, 2.45) is 0 Å². The summed E-state index contributed by atoms with van der Waals surface area (Å²) in [6.07, 6.45) is 3.19. The van der Waals surface area contributed by atoms with E-state index in [1.54, 1.807) is 18.1 Å². The van der Waals surface area contributed by atoms with Crippen molar-refractivity contribution in [3.8, 4) is 11.4 Å². The van der Waals surface area contributed by atoms with Gasteiger partial charge < -0.3 is 15.4 Å². The third kappa shape index (κ3) is 4.58. The monoisotopic (exact) mass is 367 g/mol. The predicted molar refractivity (Wildman–Crippen MR) is 105 cm³/mol. The second kappa shape index (κ2) is 8.44. The van der Waals surface area contributed by atoms with Gasteiger partial charge in [0.1, 0.15) is 18.4 Å². The summed E-state index contributed by atoms with van der Waals surface area (Å²) in [7, 11) is 1.66. The fourth-order valence-electron chi connectivity index (χ4n) is 2.51. The molecule has 6 nitrogen and oxygen atoms in total. The number of thiocarbonyl (C=S) groups is 1. The average molecular weight is 367 g/mol. The van der Waals surface area contributed by atoms with Gasteiger partial charge in [-0.25, -0.2) is 9.67 Å². The van der Waals surface area contributed by atoms with E-state index in [9.17, 15) is 0 Å². The molecule has 0 aliphatic heterocycles. The van der Waals surface area contributed by atoms with Gasteiger partial charge in [-0.15, -0.1) is 0 Å². The number of nitrogens with one attached hydrogen (secondary N) is 2. The molecule has 26 heavy (non-hydrogen) atoms. The average Bonchev–Trinajstić information content (AvgIpc) is 3.21. The molecule has 1 aromatic heterocycles. The van der Waals surface area contributed by atoms with Crippen molar-refractivity contribution >= 4 is 17.3 Å². The molecule has 0 aliphatic rings. The molecule has 0 spiro atoms. The van der Waals surface area contributed by atoms with Crippen molar-refractivity contribution in [3.05, 3.63) is 72.3 Å². The molecule has 0 fully saturated rings. The number of ether oxygens (including phenoxy) is 1. The maximum Gasteiger partial charge on any atom is 0.167 e. The minimum Gasteiger partial charge on any atom is -0.497 e. The molecule has 134 valence electrons. The molecule has 0 bridgehead atoms. The standard InChI is InChI=1S/C19H21N5OS/c1-14(16-5-7-17(8-6-16)24-13-20-12-22-24)23-19(26)21-11-15-3-9-18(25-2)10-4-15/h3-10,12-14H,11H2,1-2H3,(H2,21,23,26)/t14-/m1/s1. The molecule has 0 aliphatic carbocycles. The van der Waals surface area contributed by atoms with Gasteiger partial charge in [-0.05, 0) is 54.5 Å². The Morgan fingerprint density at radius 2 is 1.88 bits per heavy atom. The van der Waals surface area contributed by atoms with Crippen LogP contribution >= 0.6 is 12.2 Å². The molecule has 7 heteroatoms. The predicted octanol–water partition coefficient (Wildman–Crippen LogP) is 3.00. The number of hydrogen-bond acceptors (Lipinski definition) is 4. The van der Waals surface area contributed by atoms with Gasteiger partial charge in [-0.3, -0.25) is 0 Å². The first kappa shape index (κ1) is 17.9. The topological polar surface area (TPSA) is 64.0 Å². The minimum absolute atomic E-state index is 0.0932. The summed E-state index contributed by atoms with van der Waals surface area (Å²) < 4.78 is 6.89. The van der Waals surface area contributed by atoms with Crippen LogP contribution in [-0.2, 0) is 6.54 Å². The highest BCUT2D eigenvalue weighted by molar-refractivity contribution is 7.80. The van der Waals surface area contributed by atoms with E-state index in [0.717, 1.165) is 22.6 Å². The lowest BCUT2D eigenvalue weighted by atomic mass is 10.1. The van der Waals surface area contributed by atoms with E-state index in [-0.39, 0.29) is 6.04 Å². The van der Waals surface area contributed by atoms with Crippen LogP contribution in [0, 0.1) is 0 Å². The Kier molecular flexibility index (Phi) is 5.80. The Morgan fingerprint density at radius 3 is 2.50 bits per heavy atom. The Hall–Kier alpha value is -2.93. The summed E-state index contributed by atoms with van der Waals surface area (Å²) in [5.41, 5.74) is 3.25. The molecule has 2 N–H and O–H groups in total. The van der Waals surface area contributed by atoms with Gasteiger partial charge in [0.25, 0.3) is 0 Å². The summed E-state index contributed by atoms with van der Waals surface area (Å²) in [6.45, 7) is 2.74. The van der Waals surface area contributed by atoms with Crippen molar-refractivity contribution < 1.29 is 4.74 Å². The summed E-state index contributed by atoms with van der Waals surface area (Å²) in [5, 5.41) is 11.3. The Balaban J connectivity index is 1.51. The first-order valence-electron chi connectivity index (χ1n) is 8.28. The molecule has 0 amide bonds. The maximum atomic E-state index is 5.40. The minimum atomic E-state index is 0.0932. The third-order valence-electron chi connectivity index (χ3n) is 4.04. The van der Waals surface area contributed by atoms with Gasteiger partial charge >= 0.3 is 0 Å². The van der Waals surface area contributed by atoms with E-state index >= 15 is 0 Å². The molecule has 0 saturated carbocycles. The number of aromatic nitrogens is 3. The van der Waals surface area contributed by atoms with Crippen LogP contribution in [0.2, 0.25) is 0 Å². The van der Waals surface area contributed by atoms with E-state index < -0.39 is 0 Å². The molecule has 2 aromatic carbocycles. The molecule has 0 saturated heterocycles. The van der Waals surface area contributed by atoms with Crippen LogP contribution in [0.3, 0.4) is 0 Å². The first-order valence-corrected chi connectivity index (χ1v) is 8.69. The molecule has 0 radical (unpaired) electrons.